The van der Waals surface area contributed by atoms with Crippen molar-refractivity contribution in [3.05, 3.63) is 59.9 Å². The van der Waals surface area contributed by atoms with Crippen molar-refractivity contribution in [1.29, 1.82) is 0 Å². The monoisotopic (exact) mass is 355 g/mol. The Morgan fingerprint density at radius 3 is 2.58 bits per heavy atom. The predicted octanol–water partition coefficient (Wildman–Crippen LogP) is 2.00. The highest BCUT2D eigenvalue weighted by molar-refractivity contribution is 5.89. The minimum Gasteiger partial charge on any atom is -0.491 e. The van der Waals surface area contributed by atoms with E-state index in [0.29, 0.717) is 17.9 Å². The number of benzene rings is 2. The lowest BCUT2D eigenvalue weighted by atomic mass is 10.2. The molecule has 0 amide bonds. The molecule has 0 radical (unpaired) electrons. The van der Waals surface area contributed by atoms with E-state index in [9.17, 15) is 9.90 Å². The van der Waals surface area contributed by atoms with Gasteiger partial charge in [0.2, 0.25) is 0 Å². The van der Waals surface area contributed by atoms with E-state index in [-0.39, 0.29) is 12.6 Å². The third kappa shape index (κ3) is 3.55. The van der Waals surface area contributed by atoms with Crippen LogP contribution in [0, 0.1) is 6.92 Å². The first-order chi connectivity index (χ1) is 12.5. The van der Waals surface area contributed by atoms with Crippen molar-refractivity contribution in [1.82, 2.24) is 4.57 Å². The fourth-order valence-corrected chi connectivity index (χ4v) is 3.00. The molecular formula is C20H23N2O4+. The zero-order chi connectivity index (χ0) is 18.7. The molecule has 6 heteroatoms. The maximum Gasteiger partial charge on any atom is 0.337 e. The van der Waals surface area contributed by atoms with Crippen LogP contribution in [0.1, 0.15) is 16.2 Å². The molecule has 0 aliphatic rings. The summed E-state index contributed by atoms with van der Waals surface area (Å²) < 4.78 is 14.5. The first-order valence-electron chi connectivity index (χ1n) is 8.44. The topological polar surface area (TPSA) is 64.6 Å². The van der Waals surface area contributed by atoms with Crippen molar-refractivity contribution in [2.75, 3.05) is 13.7 Å². The van der Waals surface area contributed by atoms with Crippen LogP contribution in [0.5, 0.6) is 5.75 Å². The average molecular weight is 355 g/mol. The number of esters is 1. The Morgan fingerprint density at radius 2 is 1.88 bits per heavy atom. The van der Waals surface area contributed by atoms with Crippen molar-refractivity contribution in [2.24, 2.45) is 7.05 Å². The van der Waals surface area contributed by atoms with Crippen molar-refractivity contribution in [3.8, 4) is 5.75 Å². The molecule has 1 N–H and O–H groups in total. The molecule has 1 heterocycles. The molecule has 1 aromatic heterocycles. The van der Waals surface area contributed by atoms with Crippen LogP contribution >= 0.6 is 0 Å². The van der Waals surface area contributed by atoms with E-state index in [4.69, 9.17) is 4.74 Å². The van der Waals surface area contributed by atoms with Gasteiger partial charge in [-0.3, -0.25) is 0 Å². The molecule has 2 aromatic carbocycles. The maximum absolute atomic E-state index is 11.4. The molecule has 136 valence electrons. The summed E-state index contributed by atoms with van der Waals surface area (Å²) in [6.07, 6.45) is -0.662. The SMILES string of the molecule is COC(=O)c1ccc(OCC(O)Cn2c(C)[n+](C)c3ccccc32)cc1. The second kappa shape index (κ2) is 7.58. The number of methoxy groups -OCH3 is 1. The van der Waals surface area contributed by atoms with Crippen molar-refractivity contribution < 1.29 is 23.9 Å². The van der Waals surface area contributed by atoms with E-state index < -0.39 is 6.10 Å². The number of hydrogen-bond acceptors (Lipinski definition) is 4. The number of imidazole rings is 1. The van der Waals surface area contributed by atoms with Crippen LogP contribution in [0.2, 0.25) is 0 Å². The zero-order valence-electron chi connectivity index (χ0n) is 15.2. The van der Waals surface area contributed by atoms with Gasteiger partial charge in [-0.05, 0) is 36.4 Å². The van der Waals surface area contributed by atoms with E-state index in [1.807, 2.05) is 32.2 Å². The number of aliphatic hydroxyl groups is 1. The number of nitrogens with zero attached hydrogens (tertiary/aromatic N) is 2. The molecular weight excluding hydrogens is 332 g/mol. The van der Waals surface area contributed by atoms with Gasteiger partial charge in [-0.1, -0.05) is 12.1 Å². The van der Waals surface area contributed by atoms with Crippen LogP contribution in [0.25, 0.3) is 11.0 Å². The number of rotatable bonds is 6. The molecule has 0 saturated carbocycles. The molecule has 3 aromatic rings. The van der Waals surface area contributed by atoms with Crippen LogP contribution < -0.4 is 9.30 Å². The number of fused-ring (bicyclic) bond motifs is 1. The van der Waals surface area contributed by atoms with E-state index in [0.717, 1.165) is 16.9 Å². The van der Waals surface area contributed by atoms with E-state index in [1.54, 1.807) is 24.3 Å². The Balaban J connectivity index is 1.66. The lowest BCUT2D eigenvalue weighted by Crippen LogP contribution is -2.32. The van der Waals surface area contributed by atoms with Gasteiger partial charge in [0.05, 0.1) is 19.7 Å². The Hall–Kier alpha value is -2.86. The van der Waals surface area contributed by atoms with Crippen molar-refractivity contribution >= 4 is 17.0 Å². The maximum atomic E-state index is 11.4. The van der Waals surface area contributed by atoms with Gasteiger partial charge >= 0.3 is 5.97 Å². The predicted molar refractivity (Wildman–Crippen MR) is 97.1 cm³/mol. The number of aromatic nitrogens is 2. The summed E-state index contributed by atoms with van der Waals surface area (Å²) >= 11 is 0. The number of carbonyl (C=O) groups is 1. The van der Waals surface area contributed by atoms with Crippen LogP contribution in [0.4, 0.5) is 0 Å². The third-order valence-corrected chi connectivity index (χ3v) is 4.52. The largest absolute Gasteiger partial charge is 0.491 e. The van der Waals surface area contributed by atoms with E-state index in [1.165, 1.54) is 7.11 Å². The highest BCUT2D eigenvalue weighted by atomic mass is 16.5. The van der Waals surface area contributed by atoms with Gasteiger partial charge in [0.15, 0.2) is 11.0 Å². The normalized spacial score (nSPS) is 12.2. The molecule has 3 rings (SSSR count). The van der Waals surface area contributed by atoms with Crippen LogP contribution in [0.15, 0.2) is 48.5 Å². The van der Waals surface area contributed by atoms with Gasteiger partial charge in [-0.15, -0.1) is 0 Å². The van der Waals surface area contributed by atoms with E-state index >= 15 is 0 Å². The molecule has 0 saturated heterocycles. The Kier molecular flexibility index (Phi) is 5.23. The summed E-state index contributed by atoms with van der Waals surface area (Å²) in [4.78, 5) is 11.4. The Labute approximate surface area is 152 Å². The highest BCUT2D eigenvalue weighted by Gasteiger charge is 2.21. The average Bonchev–Trinajstić information content (AvgIpc) is 2.91. The second-order valence-corrected chi connectivity index (χ2v) is 6.19. The van der Waals surface area contributed by atoms with Gasteiger partial charge in [0.25, 0.3) is 5.82 Å². The fraction of sp³-hybridized carbons (Fsp3) is 0.300. The first-order valence-corrected chi connectivity index (χ1v) is 8.44. The number of aliphatic hydroxyl groups excluding tert-OH is 1. The van der Waals surface area contributed by atoms with Gasteiger partial charge < -0.3 is 14.6 Å². The molecule has 6 nitrogen and oxygen atoms in total. The van der Waals surface area contributed by atoms with Crippen LogP contribution in [0.3, 0.4) is 0 Å². The fourth-order valence-electron chi connectivity index (χ4n) is 3.00. The minimum absolute atomic E-state index is 0.160. The Morgan fingerprint density at radius 1 is 1.19 bits per heavy atom. The molecule has 0 bridgehead atoms. The summed E-state index contributed by atoms with van der Waals surface area (Å²) in [7, 11) is 3.36. The molecule has 0 fully saturated rings. The lowest BCUT2D eigenvalue weighted by Gasteiger charge is -2.12. The number of carbonyl (C=O) groups excluding carboxylic acids is 1. The summed E-state index contributed by atoms with van der Waals surface area (Å²) in [5.74, 6) is 1.27. The molecule has 1 atom stereocenters. The minimum atomic E-state index is -0.662. The number of para-hydroxylation sites is 2. The van der Waals surface area contributed by atoms with Crippen molar-refractivity contribution in [3.63, 3.8) is 0 Å². The molecule has 0 aliphatic heterocycles. The van der Waals surface area contributed by atoms with Crippen LogP contribution in [-0.2, 0) is 18.3 Å². The number of hydrogen-bond donors (Lipinski definition) is 1. The standard InChI is InChI=1S/C20H23N2O4/c1-14-21(2)18-6-4-5-7-19(18)22(14)12-16(23)13-26-17-10-8-15(9-11-17)20(24)25-3/h4-11,16,23H,12-13H2,1-3H3/q+1. The third-order valence-electron chi connectivity index (χ3n) is 4.52. The summed E-state index contributed by atoms with van der Waals surface area (Å²) in [6.45, 7) is 2.62. The molecule has 0 spiro atoms. The number of aryl methyl sites for hydroxylation is 1. The molecule has 26 heavy (non-hydrogen) atoms. The second-order valence-electron chi connectivity index (χ2n) is 6.19. The first kappa shape index (κ1) is 17.9. The van der Waals surface area contributed by atoms with Gasteiger partial charge in [-0.2, -0.15) is 0 Å². The molecule has 0 aliphatic carbocycles. The highest BCUT2D eigenvalue weighted by Crippen LogP contribution is 2.16. The quantitative estimate of drug-likeness (QED) is 0.543. The van der Waals surface area contributed by atoms with Gasteiger partial charge in [0.1, 0.15) is 25.0 Å². The van der Waals surface area contributed by atoms with Crippen LogP contribution in [-0.4, -0.2) is 35.5 Å². The smallest absolute Gasteiger partial charge is 0.337 e. The number of ether oxygens (including phenoxy) is 2. The van der Waals surface area contributed by atoms with Crippen molar-refractivity contribution in [2.45, 2.75) is 19.6 Å². The Bertz CT molecular complexity index is 915. The van der Waals surface area contributed by atoms with E-state index in [2.05, 4.69) is 19.9 Å². The zero-order valence-corrected chi connectivity index (χ0v) is 15.2. The van der Waals surface area contributed by atoms with Gasteiger partial charge in [0, 0.05) is 6.92 Å². The van der Waals surface area contributed by atoms with Gasteiger partial charge in [-0.25, -0.2) is 13.9 Å². The molecule has 1 unspecified atom stereocenters. The summed E-state index contributed by atoms with van der Waals surface area (Å²) in [6, 6.07) is 14.7. The summed E-state index contributed by atoms with van der Waals surface area (Å²) in [5.41, 5.74) is 2.66. The lowest BCUT2D eigenvalue weighted by molar-refractivity contribution is -0.652. The summed E-state index contributed by atoms with van der Waals surface area (Å²) in [5, 5.41) is 10.4.